The third kappa shape index (κ3) is 1.85. The zero-order chi connectivity index (χ0) is 10.1. The molecule has 2 aliphatic rings. The molecule has 14 heavy (non-hydrogen) atoms. The van der Waals surface area contributed by atoms with Crippen LogP contribution >= 0.6 is 0 Å². The molecule has 0 radical (unpaired) electrons. The topological polar surface area (TPSA) is 49.6 Å². The Bertz CT molecular complexity index is 227. The standard InChI is InChI=1S/C10H19N3O/c1-8(6-11)7-12-4-5-13(10(12)14)9-2-3-9/h8-9H,2-7,11H2,1H3. The molecular weight excluding hydrogens is 178 g/mol. The highest BCUT2D eigenvalue weighted by Gasteiger charge is 2.38. The summed E-state index contributed by atoms with van der Waals surface area (Å²) in [6, 6.07) is 0.786. The van der Waals surface area contributed by atoms with E-state index in [0.717, 1.165) is 19.6 Å². The van der Waals surface area contributed by atoms with Crippen molar-refractivity contribution in [1.29, 1.82) is 0 Å². The van der Waals surface area contributed by atoms with Crippen LogP contribution in [0.5, 0.6) is 0 Å². The second kappa shape index (κ2) is 3.77. The van der Waals surface area contributed by atoms with Gasteiger partial charge in [0.05, 0.1) is 0 Å². The normalized spacial score (nSPS) is 24.6. The number of nitrogens with two attached hydrogens (primary N) is 1. The van der Waals surface area contributed by atoms with Crippen molar-refractivity contribution >= 4 is 6.03 Å². The van der Waals surface area contributed by atoms with E-state index in [4.69, 9.17) is 5.73 Å². The third-order valence-corrected chi connectivity index (χ3v) is 3.05. The van der Waals surface area contributed by atoms with Crippen molar-refractivity contribution in [3.8, 4) is 0 Å². The largest absolute Gasteiger partial charge is 0.330 e. The van der Waals surface area contributed by atoms with E-state index < -0.39 is 0 Å². The molecule has 1 heterocycles. The van der Waals surface area contributed by atoms with Gasteiger partial charge < -0.3 is 15.5 Å². The minimum absolute atomic E-state index is 0.229. The molecule has 2 amide bonds. The fourth-order valence-electron chi connectivity index (χ4n) is 1.95. The Kier molecular flexibility index (Phi) is 2.63. The maximum absolute atomic E-state index is 11.8. The average Bonchev–Trinajstić information content (AvgIpc) is 2.95. The van der Waals surface area contributed by atoms with Gasteiger partial charge in [0.15, 0.2) is 0 Å². The lowest BCUT2D eigenvalue weighted by atomic mass is 10.2. The van der Waals surface area contributed by atoms with Gasteiger partial charge >= 0.3 is 6.03 Å². The van der Waals surface area contributed by atoms with Gasteiger partial charge in [-0.25, -0.2) is 4.79 Å². The van der Waals surface area contributed by atoms with E-state index in [1.165, 1.54) is 12.8 Å². The zero-order valence-corrected chi connectivity index (χ0v) is 8.78. The molecule has 0 aromatic carbocycles. The molecule has 1 atom stereocenters. The van der Waals surface area contributed by atoms with Crippen LogP contribution in [0.25, 0.3) is 0 Å². The van der Waals surface area contributed by atoms with Crippen LogP contribution in [0.15, 0.2) is 0 Å². The molecule has 0 bridgehead atoms. The quantitative estimate of drug-likeness (QED) is 0.712. The first-order chi connectivity index (χ1) is 6.72. The number of urea groups is 1. The van der Waals surface area contributed by atoms with Gasteiger partial charge in [-0.1, -0.05) is 6.92 Å². The molecule has 0 aromatic rings. The van der Waals surface area contributed by atoms with Crippen LogP contribution in [-0.2, 0) is 0 Å². The summed E-state index contributed by atoms with van der Waals surface area (Å²) >= 11 is 0. The lowest BCUT2D eigenvalue weighted by Crippen LogP contribution is -2.36. The Balaban J connectivity index is 1.86. The van der Waals surface area contributed by atoms with Gasteiger partial charge in [0, 0.05) is 25.7 Å². The summed E-state index contributed by atoms with van der Waals surface area (Å²) in [6.45, 7) is 5.37. The summed E-state index contributed by atoms with van der Waals surface area (Å²) in [5.74, 6) is 0.415. The van der Waals surface area contributed by atoms with E-state index in [1.807, 2.05) is 9.80 Å². The number of hydrogen-bond acceptors (Lipinski definition) is 2. The predicted molar refractivity (Wildman–Crippen MR) is 54.9 cm³/mol. The average molecular weight is 197 g/mol. The van der Waals surface area contributed by atoms with Gasteiger partial charge in [-0.2, -0.15) is 0 Å². The molecule has 1 saturated carbocycles. The van der Waals surface area contributed by atoms with Crippen molar-refractivity contribution in [2.24, 2.45) is 11.7 Å². The van der Waals surface area contributed by atoms with Crippen LogP contribution in [0.1, 0.15) is 19.8 Å². The Labute approximate surface area is 85.0 Å². The van der Waals surface area contributed by atoms with Crippen molar-refractivity contribution in [3.05, 3.63) is 0 Å². The Hall–Kier alpha value is -0.770. The first-order valence-corrected chi connectivity index (χ1v) is 5.48. The summed E-state index contributed by atoms with van der Waals surface area (Å²) in [4.78, 5) is 15.8. The van der Waals surface area contributed by atoms with Gasteiger partial charge in [0.2, 0.25) is 0 Å². The molecular formula is C10H19N3O. The molecule has 0 aromatic heterocycles. The minimum atomic E-state index is 0.229. The maximum Gasteiger partial charge on any atom is 0.320 e. The van der Waals surface area contributed by atoms with Crippen LogP contribution in [0.2, 0.25) is 0 Å². The second-order valence-electron chi connectivity index (χ2n) is 4.49. The molecule has 4 nitrogen and oxygen atoms in total. The van der Waals surface area contributed by atoms with Crippen LogP contribution in [0.3, 0.4) is 0 Å². The van der Waals surface area contributed by atoms with Gasteiger partial charge in [-0.05, 0) is 25.3 Å². The fraction of sp³-hybridized carbons (Fsp3) is 0.900. The Morgan fingerprint density at radius 3 is 2.79 bits per heavy atom. The summed E-state index contributed by atoms with van der Waals surface area (Å²) < 4.78 is 0. The second-order valence-corrected chi connectivity index (χ2v) is 4.49. The Morgan fingerprint density at radius 2 is 2.21 bits per heavy atom. The monoisotopic (exact) mass is 197 g/mol. The number of carbonyl (C=O) groups is 1. The van der Waals surface area contributed by atoms with Gasteiger partial charge in [0.25, 0.3) is 0 Å². The number of hydrogen-bond donors (Lipinski definition) is 1. The van der Waals surface area contributed by atoms with Gasteiger partial charge in [0.1, 0.15) is 0 Å². The molecule has 1 saturated heterocycles. The number of nitrogens with zero attached hydrogens (tertiary/aromatic N) is 2. The van der Waals surface area contributed by atoms with Crippen molar-refractivity contribution in [2.75, 3.05) is 26.2 Å². The van der Waals surface area contributed by atoms with Crippen LogP contribution < -0.4 is 5.73 Å². The highest BCUT2D eigenvalue weighted by molar-refractivity contribution is 5.77. The SMILES string of the molecule is CC(CN)CN1CCN(C2CC2)C1=O. The van der Waals surface area contributed by atoms with E-state index in [-0.39, 0.29) is 6.03 Å². The van der Waals surface area contributed by atoms with E-state index in [0.29, 0.717) is 18.5 Å². The van der Waals surface area contributed by atoms with Crippen molar-refractivity contribution in [1.82, 2.24) is 9.80 Å². The van der Waals surface area contributed by atoms with E-state index in [9.17, 15) is 4.79 Å². The lowest BCUT2D eigenvalue weighted by molar-refractivity contribution is 0.185. The highest BCUT2D eigenvalue weighted by Crippen LogP contribution is 2.29. The first-order valence-electron chi connectivity index (χ1n) is 5.48. The molecule has 1 unspecified atom stereocenters. The van der Waals surface area contributed by atoms with Crippen LogP contribution in [0.4, 0.5) is 4.79 Å². The fourth-order valence-corrected chi connectivity index (χ4v) is 1.95. The van der Waals surface area contributed by atoms with Gasteiger partial charge in [-0.15, -0.1) is 0 Å². The molecule has 1 aliphatic heterocycles. The highest BCUT2D eigenvalue weighted by atomic mass is 16.2. The zero-order valence-electron chi connectivity index (χ0n) is 8.78. The molecule has 0 spiro atoms. The number of rotatable bonds is 4. The number of carbonyl (C=O) groups excluding carboxylic acids is 1. The van der Waals surface area contributed by atoms with Crippen molar-refractivity contribution in [2.45, 2.75) is 25.8 Å². The summed E-state index contributed by atoms with van der Waals surface area (Å²) in [5.41, 5.74) is 5.55. The smallest absolute Gasteiger partial charge is 0.320 e. The summed E-state index contributed by atoms with van der Waals surface area (Å²) in [5, 5.41) is 0. The van der Waals surface area contributed by atoms with E-state index >= 15 is 0 Å². The Morgan fingerprint density at radius 1 is 1.50 bits per heavy atom. The summed E-state index contributed by atoms with van der Waals surface area (Å²) in [6.07, 6.45) is 2.40. The van der Waals surface area contributed by atoms with E-state index in [1.54, 1.807) is 0 Å². The maximum atomic E-state index is 11.8. The number of amides is 2. The van der Waals surface area contributed by atoms with Gasteiger partial charge in [-0.3, -0.25) is 0 Å². The van der Waals surface area contributed by atoms with E-state index in [2.05, 4.69) is 6.92 Å². The third-order valence-electron chi connectivity index (χ3n) is 3.05. The molecule has 4 heteroatoms. The molecule has 1 aliphatic carbocycles. The molecule has 2 N–H and O–H groups in total. The molecule has 80 valence electrons. The summed E-state index contributed by atoms with van der Waals surface area (Å²) in [7, 11) is 0. The minimum Gasteiger partial charge on any atom is -0.330 e. The molecule has 2 fully saturated rings. The van der Waals surface area contributed by atoms with Crippen LogP contribution in [0, 0.1) is 5.92 Å². The predicted octanol–water partition coefficient (Wildman–Crippen LogP) is 0.481. The first kappa shape index (κ1) is 9.77. The van der Waals surface area contributed by atoms with Crippen molar-refractivity contribution in [3.63, 3.8) is 0 Å². The van der Waals surface area contributed by atoms with Crippen molar-refractivity contribution < 1.29 is 4.79 Å². The molecule has 2 rings (SSSR count). The van der Waals surface area contributed by atoms with Crippen LogP contribution in [-0.4, -0.2) is 48.1 Å². The lowest BCUT2D eigenvalue weighted by Gasteiger charge is -2.20.